The number of nitrogens with one attached hydrogen (secondary N) is 2. The number of anilines is 2. The summed E-state index contributed by atoms with van der Waals surface area (Å²) < 4.78 is 0. The van der Waals surface area contributed by atoms with Gasteiger partial charge in [0.1, 0.15) is 11.5 Å². The molecule has 158 valence electrons. The minimum absolute atomic E-state index is 0. The van der Waals surface area contributed by atoms with Gasteiger partial charge < -0.3 is 20.8 Å². The van der Waals surface area contributed by atoms with Crippen LogP contribution in [0.3, 0.4) is 0 Å². The van der Waals surface area contributed by atoms with Crippen molar-refractivity contribution in [3.8, 4) is 11.5 Å². The number of aromatic hydroxyl groups is 2. The summed E-state index contributed by atoms with van der Waals surface area (Å²) in [6.45, 7) is 0. The summed E-state index contributed by atoms with van der Waals surface area (Å²) in [4.78, 5) is 19.8. The topological polar surface area (TPSA) is 98.7 Å². The van der Waals surface area contributed by atoms with E-state index in [1.54, 1.807) is 36.4 Å². The fraction of sp³-hybridized carbons (Fsp3) is 0. The number of para-hydroxylation sites is 4. The fourth-order valence-corrected chi connectivity index (χ4v) is 1.96. The van der Waals surface area contributed by atoms with Crippen LogP contribution in [0.25, 0.3) is 0 Å². The van der Waals surface area contributed by atoms with Crippen LogP contribution in [0.4, 0.5) is 11.4 Å². The Labute approximate surface area is 201 Å². The van der Waals surface area contributed by atoms with Crippen molar-refractivity contribution in [3.05, 3.63) is 109 Å². The maximum atomic E-state index is 9.90. The molecule has 0 unspecified atom stereocenters. The van der Waals surface area contributed by atoms with Crippen molar-refractivity contribution in [3.63, 3.8) is 0 Å². The summed E-state index contributed by atoms with van der Waals surface area (Å²) in [7, 11) is 0. The van der Waals surface area contributed by atoms with Crippen LogP contribution in [-0.4, -0.2) is 23.0 Å². The predicted molar refractivity (Wildman–Crippen MR) is 120 cm³/mol. The minimum Gasteiger partial charge on any atom is -0.506 e. The van der Waals surface area contributed by atoms with Crippen LogP contribution in [0, 0.1) is 0 Å². The normalized spacial score (nSPS) is 8.26. The first-order chi connectivity index (χ1) is 14.7. The molecular weight excluding hydrogens is 471 g/mol. The van der Waals surface area contributed by atoms with Gasteiger partial charge in [-0.05, 0) is 24.3 Å². The third-order valence-corrected chi connectivity index (χ3v) is 3.35. The summed E-state index contributed by atoms with van der Waals surface area (Å²) in [6.07, 6.45) is 1.05. The molecule has 0 aliphatic rings. The number of benzene rings is 2. The average molecular weight is 496 g/mol. The van der Waals surface area contributed by atoms with Crippen molar-refractivity contribution >= 4 is 24.2 Å². The Bertz CT molecular complexity index is 814. The van der Waals surface area contributed by atoms with E-state index < -0.39 is 0 Å². The third kappa shape index (κ3) is 13.4. The molecule has 0 aliphatic carbocycles. The molecule has 4 rings (SSSR count). The number of amides is 2. The van der Waals surface area contributed by atoms with Crippen LogP contribution in [0.1, 0.15) is 0 Å². The van der Waals surface area contributed by atoms with Crippen LogP contribution in [0.2, 0.25) is 0 Å². The first-order valence-electron chi connectivity index (χ1n) is 8.98. The smallest absolute Gasteiger partial charge is 0.506 e. The maximum absolute atomic E-state index is 9.90. The number of phenolic OH excluding ortho intramolecular Hbond substituents is 2. The van der Waals surface area contributed by atoms with Crippen molar-refractivity contribution in [2.75, 3.05) is 10.6 Å². The van der Waals surface area contributed by atoms with Gasteiger partial charge in [-0.2, -0.15) is 36.4 Å². The van der Waals surface area contributed by atoms with Crippen LogP contribution in [0.15, 0.2) is 109 Å². The predicted octanol–water partition coefficient (Wildman–Crippen LogP) is 4.73. The molecular formula is C24H24N2O4Zr. The zero-order valence-electron chi connectivity index (χ0n) is 16.8. The Morgan fingerprint density at radius 3 is 1.13 bits per heavy atom. The molecule has 4 N–H and O–H groups in total. The summed E-state index contributed by atoms with van der Waals surface area (Å²) >= 11 is 0. The monoisotopic (exact) mass is 494 g/mol. The molecule has 0 saturated heterocycles. The first kappa shape index (κ1) is 27.6. The van der Waals surface area contributed by atoms with Crippen molar-refractivity contribution < 1.29 is 46.0 Å². The molecule has 0 bridgehead atoms. The van der Waals surface area contributed by atoms with E-state index >= 15 is 0 Å². The van der Waals surface area contributed by atoms with Gasteiger partial charge in [-0.15, -0.1) is 0 Å². The summed E-state index contributed by atoms with van der Waals surface area (Å²) in [5.41, 5.74) is 0.856. The number of carbonyl (C=O) groups excluding carboxylic acids is 2. The van der Waals surface area contributed by atoms with E-state index in [-0.39, 0.29) is 37.7 Å². The van der Waals surface area contributed by atoms with Gasteiger partial charge in [0.05, 0.1) is 11.4 Å². The maximum Gasteiger partial charge on any atom is 2.00 e. The van der Waals surface area contributed by atoms with E-state index in [1.165, 1.54) is 12.1 Å². The minimum atomic E-state index is 0. The first-order valence-corrected chi connectivity index (χ1v) is 8.98. The van der Waals surface area contributed by atoms with Gasteiger partial charge in [0.15, 0.2) is 0 Å². The van der Waals surface area contributed by atoms with E-state index in [0.717, 1.165) is 0 Å². The second-order valence-electron chi connectivity index (χ2n) is 5.48. The Morgan fingerprint density at radius 1 is 0.581 bits per heavy atom. The molecule has 7 heteroatoms. The van der Waals surface area contributed by atoms with E-state index in [0.29, 0.717) is 24.2 Å². The van der Waals surface area contributed by atoms with Gasteiger partial charge in [0.2, 0.25) is 12.8 Å². The van der Waals surface area contributed by atoms with Crippen LogP contribution in [0.5, 0.6) is 11.5 Å². The van der Waals surface area contributed by atoms with Gasteiger partial charge in [0.25, 0.3) is 0 Å². The molecule has 2 amide bonds. The SMILES string of the molecule is O=CNc1ccccc1O.O=CNc1ccccc1O.[Zr+2].c1cc[cH-]c1.c1cc[cH-]c1. The van der Waals surface area contributed by atoms with Gasteiger partial charge in [-0.1, -0.05) is 24.3 Å². The quantitative estimate of drug-likeness (QED) is 0.187. The van der Waals surface area contributed by atoms with Gasteiger partial charge >= 0.3 is 26.2 Å². The zero-order chi connectivity index (χ0) is 21.9. The molecule has 0 saturated carbocycles. The summed E-state index contributed by atoms with van der Waals surface area (Å²) in [5.74, 6) is 0.157. The molecule has 0 fully saturated rings. The molecule has 0 heterocycles. The molecule has 0 aromatic heterocycles. The van der Waals surface area contributed by atoms with Crippen LogP contribution < -0.4 is 10.6 Å². The van der Waals surface area contributed by atoms with E-state index in [4.69, 9.17) is 10.2 Å². The van der Waals surface area contributed by atoms with Gasteiger partial charge in [-0.3, -0.25) is 9.59 Å². The Hall–Kier alpha value is -3.44. The number of carbonyl (C=O) groups is 2. The number of phenols is 2. The second kappa shape index (κ2) is 18.6. The molecule has 6 nitrogen and oxygen atoms in total. The van der Waals surface area contributed by atoms with Crippen molar-refractivity contribution in [1.82, 2.24) is 0 Å². The standard InChI is InChI=1S/2C7H7NO2.2C5H5.Zr/c2*9-5-8-6-3-1-2-4-7(6)10;2*1-2-4-5-3-1;/h2*1-5,10H,(H,8,9);2*1-5H;/q;;2*-1;+2. The zero-order valence-corrected chi connectivity index (χ0v) is 19.2. The molecule has 31 heavy (non-hydrogen) atoms. The van der Waals surface area contributed by atoms with E-state index in [1.807, 2.05) is 60.7 Å². The number of hydrogen-bond donors (Lipinski definition) is 4. The molecule has 4 aromatic carbocycles. The molecule has 4 aromatic rings. The van der Waals surface area contributed by atoms with Crippen LogP contribution >= 0.6 is 0 Å². The second-order valence-corrected chi connectivity index (χ2v) is 5.48. The fourth-order valence-electron chi connectivity index (χ4n) is 1.96. The molecule has 0 aliphatic heterocycles. The number of rotatable bonds is 4. The number of hydrogen-bond acceptors (Lipinski definition) is 4. The average Bonchev–Trinajstić information content (AvgIpc) is 3.52. The van der Waals surface area contributed by atoms with Crippen molar-refractivity contribution in [2.24, 2.45) is 0 Å². The summed E-state index contributed by atoms with van der Waals surface area (Å²) in [6, 6.07) is 33.1. The third-order valence-electron chi connectivity index (χ3n) is 3.35. The van der Waals surface area contributed by atoms with E-state index in [9.17, 15) is 9.59 Å². The van der Waals surface area contributed by atoms with E-state index in [2.05, 4.69) is 10.6 Å². The largest absolute Gasteiger partial charge is 2.00 e. The molecule has 0 spiro atoms. The Morgan fingerprint density at radius 2 is 0.903 bits per heavy atom. The van der Waals surface area contributed by atoms with Gasteiger partial charge in [-0.25, -0.2) is 24.3 Å². The Kier molecular flexibility index (Phi) is 16.5. The van der Waals surface area contributed by atoms with Crippen molar-refractivity contribution in [2.45, 2.75) is 0 Å². The van der Waals surface area contributed by atoms with Crippen molar-refractivity contribution in [1.29, 1.82) is 0 Å². The Balaban J connectivity index is 0.000000401. The van der Waals surface area contributed by atoms with Crippen LogP contribution in [-0.2, 0) is 35.8 Å². The molecule has 0 radical (unpaired) electrons. The van der Waals surface area contributed by atoms with Gasteiger partial charge in [0, 0.05) is 0 Å². The molecule has 0 atom stereocenters. The summed E-state index contributed by atoms with van der Waals surface area (Å²) in [5, 5.41) is 22.7.